The Bertz CT molecular complexity index is 527. The van der Waals surface area contributed by atoms with Crippen molar-refractivity contribution in [1.29, 1.82) is 0 Å². The molecule has 1 amide bonds. The number of alkyl halides is 3. The van der Waals surface area contributed by atoms with E-state index in [2.05, 4.69) is 12.1 Å². The van der Waals surface area contributed by atoms with E-state index in [0.717, 1.165) is 16.6 Å². The number of carbonyl (C=O) groups is 1. The lowest BCUT2D eigenvalue weighted by molar-refractivity contribution is -0.173. The number of halogens is 3. The van der Waals surface area contributed by atoms with Crippen LogP contribution in [0.4, 0.5) is 13.2 Å². The average Bonchev–Trinajstić information content (AvgIpc) is 2.57. The Hall–Kier alpha value is -1.17. The zero-order valence-corrected chi connectivity index (χ0v) is 14.5. The lowest BCUT2D eigenvalue weighted by atomic mass is 10.0. The molecule has 1 fully saturated rings. The molecule has 0 bridgehead atoms. The standard InChI is InChI=1S/C18H24F3NOS/c19-18(20,21)17(23)22-11-5-8-14-6-4-7-15(12-14)13-24-16-9-2-1-3-10-16/h4,6-7,12,16H,1-3,5,8-11,13H2,(H,22,23). The summed E-state index contributed by atoms with van der Waals surface area (Å²) in [6.45, 7) is 0.0411. The van der Waals surface area contributed by atoms with Crippen molar-refractivity contribution >= 4 is 17.7 Å². The van der Waals surface area contributed by atoms with Gasteiger partial charge < -0.3 is 5.32 Å². The molecule has 1 aromatic carbocycles. The van der Waals surface area contributed by atoms with Crippen molar-refractivity contribution in [3.63, 3.8) is 0 Å². The van der Waals surface area contributed by atoms with Crippen LogP contribution in [0.3, 0.4) is 0 Å². The third-order valence-electron chi connectivity index (χ3n) is 4.21. The molecule has 2 nitrogen and oxygen atoms in total. The van der Waals surface area contributed by atoms with Gasteiger partial charge in [-0.1, -0.05) is 43.5 Å². The van der Waals surface area contributed by atoms with Gasteiger partial charge in [-0.15, -0.1) is 0 Å². The van der Waals surface area contributed by atoms with Crippen LogP contribution in [0.2, 0.25) is 0 Å². The highest BCUT2D eigenvalue weighted by molar-refractivity contribution is 7.99. The molecule has 1 aliphatic carbocycles. The number of amides is 1. The number of benzene rings is 1. The maximum atomic E-state index is 12.1. The SMILES string of the molecule is O=C(NCCCc1cccc(CSC2CCCCC2)c1)C(F)(F)F. The van der Waals surface area contributed by atoms with Crippen LogP contribution in [0.25, 0.3) is 0 Å². The second-order valence-corrected chi connectivity index (χ2v) is 7.54. The van der Waals surface area contributed by atoms with Gasteiger partial charge in [0.15, 0.2) is 0 Å². The maximum Gasteiger partial charge on any atom is 0.471 e. The van der Waals surface area contributed by atoms with Gasteiger partial charge in [0.2, 0.25) is 0 Å². The van der Waals surface area contributed by atoms with E-state index in [4.69, 9.17) is 0 Å². The maximum absolute atomic E-state index is 12.1. The van der Waals surface area contributed by atoms with Crippen LogP contribution in [-0.2, 0) is 17.0 Å². The molecule has 24 heavy (non-hydrogen) atoms. The van der Waals surface area contributed by atoms with Crippen molar-refractivity contribution < 1.29 is 18.0 Å². The molecule has 0 spiro atoms. The molecule has 1 aromatic rings. The molecule has 1 aliphatic rings. The number of rotatable bonds is 7. The molecule has 0 aromatic heterocycles. The normalized spacial score (nSPS) is 16.1. The fourth-order valence-electron chi connectivity index (χ4n) is 2.92. The van der Waals surface area contributed by atoms with E-state index >= 15 is 0 Å². The van der Waals surface area contributed by atoms with E-state index in [1.807, 2.05) is 29.2 Å². The molecule has 1 N–H and O–H groups in total. The van der Waals surface area contributed by atoms with Gasteiger partial charge in [-0.05, 0) is 36.8 Å². The summed E-state index contributed by atoms with van der Waals surface area (Å²) in [6, 6.07) is 8.22. The fourth-order valence-corrected chi connectivity index (χ4v) is 4.19. The van der Waals surface area contributed by atoms with E-state index in [-0.39, 0.29) is 6.54 Å². The van der Waals surface area contributed by atoms with Crippen molar-refractivity contribution in [2.75, 3.05) is 6.54 Å². The van der Waals surface area contributed by atoms with Gasteiger partial charge in [-0.25, -0.2) is 0 Å². The second-order valence-electron chi connectivity index (χ2n) is 6.25. The van der Waals surface area contributed by atoms with Gasteiger partial charge in [-0.2, -0.15) is 24.9 Å². The second kappa shape index (κ2) is 9.35. The fraction of sp³-hybridized carbons (Fsp3) is 0.611. The van der Waals surface area contributed by atoms with E-state index in [1.54, 1.807) is 0 Å². The van der Waals surface area contributed by atoms with Crippen LogP contribution in [0.5, 0.6) is 0 Å². The molecule has 0 saturated heterocycles. The Morgan fingerprint density at radius 3 is 2.58 bits per heavy atom. The largest absolute Gasteiger partial charge is 0.471 e. The zero-order chi connectivity index (χ0) is 17.4. The molecular formula is C18H24F3NOS. The number of thioether (sulfide) groups is 1. The summed E-state index contributed by atoms with van der Waals surface area (Å²) in [6.07, 6.45) is 3.02. The third kappa shape index (κ3) is 6.75. The first kappa shape index (κ1) is 19.2. The quantitative estimate of drug-likeness (QED) is 0.704. The average molecular weight is 359 g/mol. The first-order valence-corrected chi connectivity index (χ1v) is 9.54. The molecule has 0 heterocycles. The lowest BCUT2D eigenvalue weighted by Crippen LogP contribution is -2.37. The van der Waals surface area contributed by atoms with Crippen LogP contribution < -0.4 is 5.32 Å². The highest BCUT2D eigenvalue weighted by atomic mass is 32.2. The molecule has 0 unspecified atom stereocenters. The predicted octanol–water partition coefficient (Wildman–Crippen LogP) is 4.86. The number of aryl methyl sites for hydroxylation is 1. The minimum atomic E-state index is -4.80. The van der Waals surface area contributed by atoms with Crippen LogP contribution in [0.15, 0.2) is 24.3 Å². The van der Waals surface area contributed by atoms with Gasteiger partial charge in [-0.3, -0.25) is 4.79 Å². The summed E-state index contributed by atoms with van der Waals surface area (Å²) >= 11 is 2.01. The number of nitrogens with one attached hydrogen (secondary N) is 1. The number of carbonyl (C=O) groups excluding carboxylic acids is 1. The summed E-state index contributed by atoms with van der Waals surface area (Å²) < 4.78 is 36.2. The van der Waals surface area contributed by atoms with Crippen LogP contribution in [-0.4, -0.2) is 23.9 Å². The van der Waals surface area contributed by atoms with Gasteiger partial charge in [0.05, 0.1) is 0 Å². The Balaban J connectivity index is 1.71. The van der Waals surface area contributed by atoms with Crippen molar-refractivity contribution in [2.24, 2.45) is 0 Å². The highest BCUT2D eigenvalue weighted by Gasteiger charge is 2.38. The zero-order valence-electron chi connectivity index (χ0n) is 13.7. The van der Waals surface area contributed by atoms with Gasteiger partial charge >= 0.3 is 12.1 Å². The molecular weight excluding hydrogens is 335 g/mol. The molecule has 1 saturated carbocycles. The Labute approximate surface area is 145 Å². The monoisotopic (exact) mass is 359 g/mol. The van der Waals surface area contributed by atoms with Gasteiger partial charge in [0.25, 0.3) is 0 Å². The van der Waals surface area contributed by atoms with Gasteiger partial charge in [0.1, 0.15) is 0 Å². The van der Waals surface area contributed by atoms with Crippen molar-refractivity contribution in [1.82, 2.24) is 5.32 Å². The number of hydrogen-bond acceptors (Lipinski definition) is 2. The van der Waals surface area contributed by atoms with Crippen LogP contribution in [0, 0.1) is 0 Å². The van der Waals surface area contributed by atoms with Crippen molar-refractivity contribution in [3.8, 4) is 0 Å². The molecule has 0 radical (unpaired) electrons. The summed E-state index contributed by atoms with van der Waals surface area (Å²) in [5.74, 6) is -0.872. The van der Waals surface area contributed by atoms with Gasteiger partial charge in [0, 0.05) is 17.5 Å². The van der Waals surface area contributed by atoms with Crippen molar-refractivity contribution in [3.05, 3.63) is 35.4 Å². The molecule has 0 atom stereocenters. The Kier molecular flexibility index (Phi) is 7.46. The van der Waals surface area contributed by atoms with E-state index < -0.39 is 12.1 Å². The minimum Gasteiger partial charge on any atom is -0.348 e. The Morgan fingerprint density at radius 2 is 1.88 bits per heavy atom. The van der Waals surface area contributed by atoms with Crippen molar-refractivity contribution in [2.45, 2.75) is 62.1 Å². The highest BCUT2D eigenvalue weighted by Crippen LogP contribution is 2.30. The smallest absolute Gasteiger partial charge is 0.348 e. The summed E-state index contributed by atoms with van der Waals surface area (Å²) in [4.78, 5) is 10.7. The third-order valence-corrected chi connectivity index (χ3v) is 5.66. The molecule has 2 rings (SSSR count). The topological polar surface area (TPSA) is 29.1 Å². The predicted molar refractivity (Wildman–Crippen MR) is 92.0 cm³/mol. The summed E-state index contributed by atoms with van der Waals surface area (Å²) in [5, 5.41) is 2.67. The van der Waals surface area contributed by atoms with E-state index in [9.17, 15) is 18.0 Å². The number of hydrogen-bond donors (Lipinski definition) is 1. The van der Waals surface area contributed by atoms with Crippen LogP contribution in [0.1, 0.15) is 49.7 Å². The minimum absolute atomic E-state index is 0.0411. The van der Waals surface area contributed by atoms with E-state index in [0.29, 0.717) is 12.8 Å². The van der Waals surface area contributed by atoms with E-state index in [1.165, 1.54) is 37.7 Å². The molecule has 0 aliphatic heterocycles. The summed E-state index contributed by atoms with van der Waals surface area (Å²) in [5.41, 5.74) is 2.38. The first-order chi connectivity index (χ1) is 11.4. The Morgan fingerprint density at radius 1 is 1.17 bits per heavy atom. The molecule has 6 heteroatoms. The van der Waals surface area contributed by atoms with Crippen LogP contribution >= 0.6 is 11.8 Å². The molecule has 134 valence electrons. The lowest BCUT2D eigenvalue weighted by Gasteiger charge is -2.21. The summed E-state index contributed by atoms with van der Waals surface area (Å²) in [7, 11) is 0. The first-order valence-electron chi connectivity index (χ1n) is 8.49.